The molecule has 0 aliphatic carbocycles. The first kappa shape index (κ1) is 22.6. The van der Waals surface area contributed by atoms with Crippen LogP contribution in [-0.4, -0.2) is 29.8 Å². The van der Waals surface area contributed by atoms with Gasteiger partial charge < -0.3 is 9.47 Å². The maximum Gasteiger partial charge on any atom is 0.293 e. The van der Waals surface area contributed by atoms with E-state index in [0.29, 0.717) is 29.2 Å². The second-order valence-corrected chi connectivity index (χ2v) is 8.70. The highest BCUT2D eigenvalue weighted by molar-refractivity contribution is 14.1. The molecule has 156 valence electrons. The summed E-state index contributed by atoms with van der Waals surface area (Å²) in [6.45, 7) is 3.93. The second-order valence-electron chi connectivity index (χ2n) is 6.14. The van der Waals surface area contributed by atoms with Gasteiger partial charge in [-0.25, -0.2) is 4.39 Å². The lowest BCUT2D eigenvalue weighted by Gasteiger charge is -2.14. The van der Waals surface area contributed by atoms with Gasteiger partial charge in [-0.15, -0.1) is 0 Å². The Labute approximate surface area is 196 Å². The zero-order valence-electron chi connectivity index (χ0n) is 15.8. The lowest BCUT2D eigenvalue weighted by atomic mass is 10.1. The quantitative estimate of drug-likeness (QED) is 0.240. The number of hydrogen-bond acceptors (Lipinski definition) is 5. The Balaban J connectivity index is 1.86. The first-order chi connectivity index (χ1) is 14.3. The number of benzene rings is 2. The smallest absolute Gasteiger partial charge is 0.293 e. The molecule has 1 aliphatic rings. The predicted molar refractivity (Wildman–Crippen MR) is 124 cm³/mol. The largest absolute Gasteiger partial charge is 0.493 e. The summed E-state index contributed by atoms with van der Waals surface area (Å²) in [5, 5.41) is -0.258. The van der Waals surface area contributed by atoms with Gasteiger partial charge in [-0.05, 0) is 75.8 Å². The van der Waals surface area contributed by atoms with Gasteiger partial charge in [0.15, 0.2) is 11.5 Å². The van der Waals surface area contributed by atoms with Crippen LogP contribution < -0.4 is 9.47 Å². The topological polar surface area (TPSA) is 55.8 Å². The van der Waals surface area contributed by atoms with Crippen LogP contribution in [0.25, 0.3) is 6.08 Å². The molecular formula is C21H16ClFINO4S. The molecule has 0 bridgehead atoms. The fraction of sp³-hybridized carbons (Fsp3) is 0.143. The molecule has 2 aromatic rings. The van der Waals surface area contributed by atoms with Crippen molar-refractivity contribution in [2.45, 2.75) is 6.54 Å². The molecule has 2 amide bonds. The number of methoxy groups -OCH3 is 1. The van der Waals surface area contributed by atoms with Crippen LogP contribution in [0.2, 0.25) is 5.02 Å². The molecule has 1 saturated heterocycles. The Morgan fingerprint density at radius 1 is 1.30 bits per heavy atom. The van der Waals surface area contributed by atoms with Gasteiger partial charge in [0.25, 0.3) is 11.1 Å². The van der Waals surface area contributed by atoms with Crippen LogP contribution in [0.3, 0.4) is 0 Å². The minimum atomic E-state index is -0.484. The SMILES string of the molecule is C=CCOc1c(I)cc(/C=C2\SC(=O)N(Cc3ccc(F)cc3Cl)C2=O)cc1OC. The summed E-state index contributed by atoms with van der Waals surface area (Å²) in [5.74, 6) is 0.162. The number of amides is 2. The Morgan fingerprint density at radius 2 is 2.07 bits per heavy atom. The average Bonchev–Trinajstić information content (AvgIpc) is 2.96. The van der Waals surface area contributed by atoms with Crippen molar-refractivity contribution >= 4 is 63.2 Å². The Morgan fingerprint density at radius 3 is 2.73 bits per heavy atom. The highest BCUT2D eigenvalue weighted by Crippen LogP contribution is 2.38. The summed E-state index contributed by atoms with van der Waals surface area (Å²) >= 11 is 8.98. The number of hydrogen-bond donors (Lipinski definition) is 0. The number of carbonyl (C=O) groups is 2. The van der Waals surface area contributed by atoms with Crippen molar-refractivity contribution in [3.8, 4) is 11.5 Å². The third kappa shape index (κ3) is 4.98. The first-order valence-electron chi connectivity index (χ1n) is 8.64. The first-order valence-corrected chi connectivity index (χ1v) is 10.9. The molecule has 0 aromatic heterocycles. The molecule has 5 nitrogen and oxygen atoms in total. The van der Waals surface area contributed by atoms with Gasteiger partial charge in [-0.1, -0.05) is 30.3 Å². The summed E-state index contributed by atoms with van der Waals surface area (Å²) < 4.78 is 25.1. The Kier molecular flexibility index (Phi) is 7.43. The van der Waals surface area contributed by atoms with Crippen LogP contribution in [0.15, 0.2) is 47.9 Å². The van der Waals surface area contributed by atoms with Crippen molar-refractivity contribution < 1.29 is 23.5 Å². The molecule has 30 heavy (non-hydrogen) atoms. The highest BCUT2D eigenvalue weighted by atomic mass is 127. The number of carbonyl (C=O) groups excluding carboxylic acids is 2. The summed E-state index contributed by atoms with van der Waals surface area (Å²) in [4.78, 5) is 26.5. The monoisotopic (exact) mass is 559 g/mol. The molecule has 1 heterocycles. The van der Waals surface area contributed by atoms with E-state index < -0.39 is 17.0 Å². The van der Waals surface area contributed by atoms with E-state index in [0.717, 1.165) is 26.3 Å². The third-order valence-corrected chi connectivity index (χ3v) is 6.17. The van der Waals surface area contributed by atoms with E-state index in [9.17, 15) is 14.0 Å². The van der Waals surface area contributed by atoms with Crippen molar-refractivity contribution in [3.63, 3.8) is 0 Å². The van der Waals surface area contributed by atoms with Gasteiger partial charge in [-0.2, -0.15) is 0 Å². The maximum absolute atomic E-state index is 13.2. The van der Waals surface area contributed by atoms with E-state index in [1.165, 1.54) is 19.2 Å². The highest BCUT2D eigenvalue weighted by Gasteiger charge is 2.35. The van der Waals surface area contributed by atoms with Crippen molar-refractivity contribution in [2.24, 2.45) is 0 Å². The normalized spacial score (nSPS) is 15.1. The number of halogens is 3. The summed E-state index contributed by atoms with van der Waals surface area (Å²) in [6.07, 6.45) is 3.26. The average molecular weight is 560 g/mol. The number of ether oxygens (including phenoxy) is 2. The lowest BCUT2D eigenvalue weighted by molar-refractivity contribution is -0.123. The van der Waals surface area contributed by atoms with Crippen molar-refractivity contribution in [1.82, 2.24) is 4.90 Å². The van der Waals surface area contributed by atoms with E-state index >= 15 is 0 Å². The van der Waals surface area contributed by atoms with Gasteiger partial charge in [-0.3, -0.25) is 14.5 Å². The van der Waals surface area contributed by atoms with Crippen molar-refractivity contribution in [1.29, 1.82) is 0 Å². The number of nitrogens with zero attached hydrogens (tertiary/aromatic N) is 1. The van der Waals surface area contributed by atoms with E-state index in [-0.39, 0.29) is 16.5 Å². The molecule has 1 aliphatic heterocycles. The van der Waals surface area contributed by atoms with Crippen LogP contribution in [0, 0.1) is 9.39 Å². The fourth-order valence-electron chi connectivity index (χ4n) is 2.71. The molecule has 0 unspecified atom stereocenters. The van der Waals surface area contributed by atoms with Gasteiger partial charge in [0.05, 0.1) is 22.1 Å². The standard InChI is InChI=1S/C21H16ClFINO4S/c1-3-6-29-19-16(24)7-12(8-17(19)28-2)9-18-20(26)25(21(27)30-18)11-13-4-5-14(23)10-15(13)22/h3-5,7-10H,1,6,11H2,2H3/b18-9-. The summed E-state index contributed by atoms with van der Waals surface area (Å²) in [6, 6.07) is 7.40. The molecule has 3 rings (SSSR count). The van der Waals surface area contributed by atoms with Crippen LogP contribution in [0.5, 0.6) is 11.5 Å². The molecule has 1 fully saturated rings. The second kappa shape index (κ2) is 9.84. The van der Waals surface area contributed by atoms with Crippen LogP contribution in [-0.2, 0) is 11.3 Å². The van der Waals surface area contributed by atoms with E-state index in [1.807, 2.05) is 6.07 Å². The van der Waals surface area contributed by atoms with Gasteiger partial charge >= 0.3 is 0 Å². The molecular weight excluding hydrogens is 544 g/mol. The molecule has 0 saturated carbocycles. The predicted octanol–water partition coefficient (Wildman–Crippen LogP) is 5.89. The van der Waals surface area contributed by atoms with E-state index in [4.69, 9.17) is 21.1 Å². The van der Waals surface area contributed by atoms with Crippen molar-refractivity contribution in [2.75, 3.05) is 13.7 Å². The molecule has 0 spiro atoms. The summed E-state index contributed by atoms with van der Waals surface area (Å²) in [5.41, 5.74) is 1.18. The van der Waals surface area contributed by atoms with Crippen LogP contribution >= 0.6 is 46.0 Å². The van der Waals surface area contributed by atoms with E-state index in [1.54, 1.807) is 18.2 Å². The number of imide groups is 1. The van der Waals surface area contributed by atoms with E-state index in [2.05, 4.69) is 29.2 Å². The van der Waals surface area contributed by atoms with Gasteiger partial charge in [0.2, 0.25) is 0 Å². The zero-order valence-corrected chi connectivity index (χ0v) is 19.5. The number of rotatable bonds is 7. The van der Waals surface area contributed by atoms with Crippen LogP contribution in [0.4, 0.5) is 9.18 Å². The molecule has 9 heteroatoms. The molecule has 0 radical (unpaired) electrons. The molecule has 0 atom stereocenters. The Bertz CT molecular complexity index is 1060. The Hall–Kier alpha value is -2.04. The minimum Gasteiger partial charge on any atom is -0.493 e. The zero-order chi connectivity index (χ0) is 21.8. The van der Waals surface area contributed by atoms with Gasteiger partial charge in [0, 0.05) is 5.02 Å². The van der Waals surface area contributed by atoms with Crippen molar-refractivity contribution in [3.05, 3.63) is 73.4 Å². The fourth-order valence-corrected chi connectivity index (χ4v) is 4.56. The minimum absolute atomic E-state index is 0.0314. The third-order valence-electron chi connectivity index (χ3n) is 4.11. The molecule has 0 N–H and O–H groups in total. The van der Waals surface area contributed by atoms with Gasteiger partial charge in [0.1, 0.15) is 12.4 Å². The maximum atomic E-state index is 13.2. The number of thioether (sulfide) groups is 1. The lowest BCUT2D eigenvalue weighted by Crippen LogP contribution is -2.27. The summed E-state index contributed by atoms with van der Waals surface area (Å²) in [7, 11) is 1.52. The van der Waals surface area contributed by atoms with Crippen LogP contribution in [0.1, 0.15) is 11.1 Å². The molecule has 2 aromatic carbocycles.